The van der Waals surface area contributed by atoms with Gasteiger partial charge in [-0.05, 0) is 31.9 Å². The van der Waals surface area contributed by atoms with Crippen molar-refractivity contribution in [3.05, 3.63) is 48.0 Å². The van der Waals surface area contributed by atoms with E-state index in [0.717, 1.165) is 12.8 Å². The molecule has 0 saturated carbocycles. The zero-order chi connectivity index (χ0) is 17.5. The Labute approximate surface area is 139 Å². The van der Waals surface area contributed by atoms with Crippen molar-refractivity contribution in [1.29, 1.82) is 0 Å². The van der Waals surface area contributed by atoms with Crippen LogP contribution in [-0.2, 0) is 14.3 Å². The van der Waals surface area contributed by atoms with Crippen molar-refractivity contribution in [3.63, 3.8) is 0 Å². The van der Waals surface area contributed by atoms with E-state index >= 15 is 0 Å². The Morgan fingerprint density at radius 1 is 1.04 bits per heavy atom. The second kappa shape index (κ2) is 13.6. The third-order valence-corrected chi connectivity index (χ3v) is 2.69. The fourth-order valence-electron chi connectivity index (χ4n) is 1.47. The zero-order valence-electron chi connectivity index (χ0n) is 14.6. The summed E-state index contributed by atoms with van der Waals surface area (Å²) in [6.45, 7) is 8.48. The number of esters is 2. The molecule has 1 aromatic rings. The molecule has 0 amide bonds. The van der Waals surface area contributed by atoms with Crippen LogP contribution in [0.4, 0.5) is 0 Å². The lowest BCUT2D eigenvalue weighted by molar-refractivity contribution is -0.147. The van der Waals surface area contributed by atoms with Crippen LogP contribution in [0.25, 0.3) is 0 Å². The van der Waals surface area contributed by atoms with Gasteiger partial charge in [0, 0.05) is 0 Å². The van der Waals surface area contributed by atoms with Crippen molar-refractivity contribution >= 4 is 11.9 Å². The third-order valence-electron chi connectivity index (χ3n) is 2.69. The first-order valence-electron chi connectivity index (χ1n) is 8.06. The van der Waals surface area contributed by atoms with Gasteiger partial charge in [0.05, 0.1) is 24.7 Å². The van der Waals surface area contributed by atoms with Gasteiger partial charge < -0.3 is 9.47 Å². The molecule has 0 unspecified atom stereocenters. The Kier molecular flexibility index (Phi) is 12.3. The largest absolute Gasteiger partial charge is 0.465 e. The maximum atomic E-state index is 11.0. The molecule has 1 aromatic carbocycles. The van der Waals surface area contributed by atoms with E-state index in [2.05, 4.69) is 13.0 Å². The van der Waals surface area contributed by atoms with Crippen LogP contribution >= 0.6 is 0 Å². The van der Waals surface area contributed by atoms with E-state index in [9.17, 15) is 9.59 Å². The molecule has 128 valence electrons. The highest BCUT2D eigenvalue weighted by atomic mass is 16.5. The average molecular weight is 320 g/mol. The van der Waals surface area contributed by atoms with Gasteiger partial charge in [0.2, 0.25) is 0 Å². The molecule has 0 N–H and O–H groups in total. The molecule has 0 saturated heterocycles. The molecule has 23 heavy (non-hydrogen) atoms. The SMILES string of the molecule is CC/C=C\CCOC(=O)C(C)C.CCOC(=O)c1ccccc1. The Morgan fingerprint density at radius 3 is 2.22 bits per heavy atom. The predicted octanol–water partition coefficient (Wildman–Crippen LogP) is 4.41. The fourth-order valence-corrected chi connectivity index (χ4v) is 1.47. The summed E-state index contributed by atoms with van der Waals surface area (Å²) >= 11 is 0. The van der Waals surface area contributed by atoms with Crippen molar-refractivity contribution in [1.82, 2.24) is 0 Å². The standard InChI is InChI=1S/C10H18O2.C9H10O2/c1-4-5-6-7-8-12-10(11)9(2)3;1-2-11-9(10)8-6-4-3-5-7-8/h5-6,9H,4,7-8H2,1-3H3;3-7H,2H2,1H3/b6-5-;. The maximum Gasteiger partial charge on any atom is 0.338 e. The summed E-state index contributed by atoms with van der Waals surface area (Å²) in [6.07, 6.45) is 5.97. The van der Waals surface area contributed by atoms with Crippen LogP contribution in [0.1, 0.15) is 50.9 Å². The van der Waals surface area contributed by atoms with Crippen LogP contribution < -0.4 is 0 Å². The van der Waals surface area contributed by atoms with Crippen molar-refractivity contribution in [2.75, 3.05) is 13.2 Å². The number of carbonyl (C=O) groups is 2. The summed E-state index contributed by atoms with van der Waals surface area (Å²) in [7, 11) is 0. The molecule has 0 atom stereocenters. The summed E-state index contributed by atoms with van der Waals surface area (Å²) in [5.41, 5.74) is 0.606. The first kappa shape index (κ1) is 20.9. The molecule has 0 aliphatic heterocycles. The Bertz CT molecular complexity index is 464. The maximum absolute atomic E-state index is 11.0. The van der Waals surface area contributed by atoms with Crippen LogP contribution in [0.2, 0.25) is 0 Å². The number of rotatable bonds is 7. The second-order valence-corrected chi connectivity index (χ2v) is 5.08. The van der Waals surface area contributed by atoms with E-state index in [1.165, 1.54) is 0 Å². The summed E-state index contributed by atoms with van der Waals surface area (Å²) in [6, 6.07) is 8.96. The van der Waals surface area contributed by atoms with Gasteiger partial charge >= 0.3 is 11.9 Å². The normalized spacial score (nSPS) is 10.1. The van der Waals surface area contributed by atoms with Gasteiger partial charge in [-0.25, -0.2) is 4.79 Å². The minimum atomic E-state index is -0.256. The van der Waals surface area contributed by atoms with Crippen LogP contribution in [0.15, 0.2) is 42.5 Å². The van der Waals surface area contributed by atoms with E-state index in [-0.39, 0.29) is 17.9 Å². The van der Waals surface area contributed by atoms with Crippen LogP contribution in [0, 0.1) is 5.92 Å². The number of hydrogen-bond acceptors (Lipinski definition) is 4. The van der Waals surface area contributed by atoms with Gasteiger partial charge in [-0.1, -0.05) is 51.1 Å². The van der Waals surface area contributed by atoms with Crippen molar-refractivity contribution < 1.29 is 19.1 Å². The van der Waals surface area contributed by atoms with Crippen molar-refractivity contribution in [2.45, 2.75) is 40.5 Å². The molecule has 0 fully saturated rings. The van der Waals surface area contributed by atoms with Crippen molar-refractivity contribution in [2.24, 2.45) is 5.92 Å². The van der Waals surface area contributed by atoms with Crippen LogP contribution in [0.3, 0.4) is 0 Å². The lowest BCUT2D eigenvalue weighted by atomic mass is 10.2. The summed E-state index contributed by atoms with van der Waals surface area (Å²) in [5, 5.41) is 0. The smallest absolute Gasteiger partial charge is 0.338 e. The molecule has 1 rings (SSSR count). The Morgan fingerprint density at radius 2 is 1.70 bits per heavy atom. The van der Waals surface area contributed by atoms with Gasteiger partial charge in [0.1, 0.15) is 0 Å². The lowest BCUT2D eigenvalue weighted by Gasteiger charge is -2.04. The quantitative estimate of drug-likeness (QED) is 0.424. The molecule has 0 heterocycles. The topological polar surface area (TPSA) is 52.6 Å². The monoisotopic (exact) mass is 320 g/mol. The zero-order valence-corrected chi connectivity index (χ0v) is 14.6. The van der Waals surface area contributed by atoms with Crippen LogP contribution in [-0.4, -0.2) is 25.2 Å². The van der Waals surface area contributed by atoms with Crippen LogP contribution in [0.5, 0.6) is 0 Å². The fraction of sp³-hybridized carbons (Fsp3) is 0.474. The highest BCUT2D eigenvalue weighted by molar-refractivity contribution is 5.89. The highest BCUT2D eigenvalue weighted by Crippen LogP contribution is 2.00. The Hall–Kier alpha value is -2.10. The number of hydrogen-bond donors (Lipinski definition) is 0. The first-order chi connectivity index (χ1) is 11.0. The van der Waals surface area contributed by atoms with Gasteiger partial charge in [-0.15, -0.1) is 0 Å². The first-order valence-corrected chi connectivity index (χ1v) is 8.06. The molecule has 0 aromatic heterocycles. The van der Waals surface area contributed by atoms with E-state index in [4.69, 9.17) is 9.47 Å². The molecular formula is C19H28O4. The summed E-state index contributed by atoms with van der Waals surface area (Å²) in [4.78, 5) is 22.0. The lowest BCUT2D eigenvalue weighted by Crippen LogP contribution is -2.11. The van der Waals surface area contributed by atoms with E-state index in [0.29, 0.717) is 18.8 Å². The molecule has 0 spiro atoms. The highest BCUT2D eigenvalue weighted by Gasteiger charge is 2.06. The summed E-state index contributed by atoms with van der Waals surface area (Å²) < 4.78 is 9.75. The number of carbonyl (C=O) groups excluding carboxylic acids is 2. The van der Waals surface area contributed by atoms with Gasteiger partial charge in [-0.2, -0.15) is 0 Å². The van der Waals surface area contributed by atoms with E-state index in [1.54, 1.807) is 19.1 Å². The summed E-state index contributed by atoms with van der Waals surface area (Å²) in [5.74, 6) is -0.381. The number of ether oxygens (including phenoxy) is 2. The Balaban J connectivity index is 0.000000422. The minimum absolute atomic E-state index is 0.0137. The molecular weight excluding hydrogens is 292 g/mol. The van der Waals surface area contributed by atoms with Gasteiger partial charge in [0.15, 0.2) is 0 Å². The van der Waals surface area contributed by atoms with E-state index in [1.807, 2.05) is 38.1 Å². The van der Waals surface area contributed by atoms with Gasteiger partial charge in [-0.3, -0.25) is 4.79 Å². The van der Waals surface area contributed by atoms with Gasteiger partial charge in [0.25, 0.3) is 0 Å². The predicted molar refractivity (Wildman–Crippen MR) is 92.2 cm³/mol. The second-order valence-electron chi connectivity index (χ2n) is 5.08. The number of allylic oxidation sites excluding steroid dienone is 1. The minimum Gasteiger partial charge on any atom is -0.465 e. The average Bonchev–Trinajstić information content (AvgIpc) is 2.56. The van der Waals surface area contributed by atoms with E-state index < -0.39 is 0 Å². The molecule has 4 nitrogen and oxygen atoms in total. The third kappa shape index (κ3) is 11.2. The molecule has 0 aliphatic carbocycles. The molecule has 4 heteroatoms. The number of benzene rings is 1. The molecule has 0 bridgehead atoms. The molecule has 0 radical (unpaired) electrons. The molecule has 0 aliphatic rings. The van der Waals surface area contributed by atoms with Crippen molar-refractivity contribution in [3.8, 4) is 0 Å².